The molecule has 1 aromatic heterocycles. The lowest BCUT2D eigenvalue weighted by Gasteiger charge is -2.29. The third kappa shape index (κ3) is 7.63. The summed E-state index contributed by atoms with van der Waals surface area (Å²) in [6.45, 7) is 6.55. The number of aromatic nitrogens is 2. The lowest BCUT2D eigenvalue weighted by Crippen LogP contribution is -2.45. The Labute approximate surface area is 213 Å². The quantitative estimate of drug-likeness (QED) is 0.421. The molecule has 0 amide bonds. The largest absolute Gasteiger partial charge is 0.497 e. The minimum atomic E-state index is -3.73. The zero-order valence-corrected chi connectivity index (χ0v) is 22.5. The van der Waals surface area contributed by atoms with Crippen LogP contribution >= 0.6 is 12.2 Å². The predicted octanol–water partition coefficient (Wildman–Crippen LogP) is 2.78. The van der Waals surface area contributed by atoms with Gasteiger partial charge in [-0.1, -0.05) is 12.1 Å². The summed E-state index contributed by atoms with van der Waals surface area (Å²) in [4.78, 5) is 6.38. The van der Waals surface area contributed by atoms with Crippen molar-refractivity contribution in [2.24, 2.45) is 0 Å². The van der Waals surface area contributed by atoms with Gasteiger partial charge in [-0.25, -0.2) is 13.4 Å². The minimum absolute atomic E-state index is 0.0205. The fourth-order valence-electron chi connectivity index (χ4n) is 4.02. The average Bonchev–Trinajstić information content (AvgIpc) is 3.47. The van der Waals surface area contributed by atoms with Crippen molar-refractivity contribution in [2.75, 3.05) is 34.0 Å². The summed E-state index contributed by atoms with van der Waals surface area (Å²) in [6, 6.07) is 7.22. The lowest BCUT2D eigenvalue weighted by atomic mass is 10.2. The first-order valence-corrected chi connectivity index (χ1v) is 13.9. The van der Waals surface area contributed by atoms with Gasteiger partial charge in [-0.05, 0) is 56.6 Å². The van der Waals surface area contributed by atoms with Crippen molar-refractivity contribution in [3.63, 3.8) is 0 Å². The van der Waals surface area contributed by atoms with Crippen molar-refractivity contribution in [2.45, 2.75) is 62.8 Å². The molecule has 194 valence electrons. The highest BCUT2D eigenvalue weighted by Crippen LogP contribution is 2.22. The van der Waals surface area contributed by atoms with Crippen LogP contribution in [0.25, 0.3) is 0 Å². The summed E-state index contributed by atoms with van der Waals surface area (Å²) in [5, 5.41) is 3.93. The van der Waals surface area contributed by atoms with Gasteiger partial charge in [0.1, 0.15) is 5.75 Å². The second-order valence-corrected chi connectivity index (χ2v) is 11.2. The Morgan fingerprint density at radius 2 is 2.17 bits per heavy atom. The average molecular weight is 525 g/mol. The molecule has 0 bridgehead atoms. The van der Waals surface area contributed by atoms with E-state index in [2.05, 4.69) is 10.3 Å². The Morgan fingerprint density at radius 1 is 1.37 bits per heavy atom. The first-order chi connectivity index (χ1) is 16.7. The van der Waals surface area contributed by atoms with Crippen molar-refractivity contribution in [1.29, 1.82) is 0 Å². The SMILES string of the molecule is COCCn1c(CN(CC2CCCO2)C(=S)NC(C)C)cnc1S(=O)(=O)Cc1cccc(OC)c1. The number of methoxy groups -OCH3 is 2. The molecule has 1 aromatic carbocycles. The first-order valence-electron chi connectivity index (χ1n) is 11.8. The Morgan fingerprint density at radius 3 is 2.83 bits per heavy atom. The summed E-state index contributed by atoms with van der Waals surface area (Å²) in [7, 11) is -0.583. The molecule has 1 aliphatic rings. The number of rotatable bonds is 12. The van der Waals surface area contributed by atoms with Gasteiger partial charge in [-0.2, -0.15) is 0 Å². The number of nitrogens with one attached hydrogen (secondary N) is 1. The second kappa shape index (κ2) is 12.7. The number of hydrogen-bond acceptors (Lipinski definition) is 7. The second-order valence-electron chi connectivity index (χ2n) is 8.91. The van der Waals surface area contributed by atoms with Crippen LogP contribution in [-0.4, -0.2) is 74.1 Å². The van der Waals surface area contributed by atoms with Gasteiger partial charge in [0.05, 0.1) is 44.0 Å². The zero-order valence-electron chi connectivity index (χ0n) is 20.9. The maximum Gasteiger partial charge on any atom is 0.228 e. The summed E-state index contributed by atoms with van der Waals surface area (Å²) in [5.41, 5.74) is 1.38. The highest BCUT2D eigenvalue weighted by molar-refractivity contribution is 7.90. The molecule has 1 atom stereocenters. The molecule has 2 aromatic rings. The van der Waals surface area contributed by atoms with E-state index in [9.17, 15) is 8.42 Å². The lowest BCUT2D eigenvalue weighted by molar-refractivity contribution is 0.0889. The van der Waals surface area contributed by atoms with Gasteiger partial charge in [0, 0.05) is 32.8 Å². The molecule has 9 nitrogen and oxygen atoms in total. The van der Waals surface area contributed by atoms with Gasteiger partial charge in [0.25, 0.3) is 0 Å². The zero-order chi connectivity index (χ0) is 25.4. The third-order valence-electron chi connectivity index (χ3n) is 5.69. The van der Waals surface area contributed by atoms with E-state index < -0.39 is 9.84 Å². The van der Waals surface area contributed by atoms with E-state index in [4.69, 9.17) is 26.4 Å². The van der Waals surface area contributed by atoms with Gasteiger partial charge < -0.3 is 29.0 Å². The van der Waals surface area contributed by atoms with Crippen LogP contribution in [0.3, 0.4) is 0 Å². The molecule has 1 aliphatic heterocycles. The van der Waals surface area contributed by atoms with E-state index in [1.54, 1.807) is 49.2 Å². The number of nitrogens with zero attached hydrogens (tertiary/aromatic N) is 3. The van der Waals surface area contributed by atoms with Crippen molar-refractivity contribution in [1.82, 2.24) is 19.8 Å². The Kier molecular flexibility index (Phi) is 9.90. The van der Waals surface area contributed by atoms with Gasteiger partial charge in [0.15, 0.2) is 5.11 Å². The standard InChI is InChI=1S/C24H36N4O5S2/c1-18(2)26-23(34)27(16-22-9-6-11-33-22)15-20-14-25-24(28(20)10-12-31-3)35(29,30)17-19-7-5-8-21(13-19)32-4/h5,7-8,13-14,18,22H,6,9-12,15-17H2,1-4H3,(H,26,34). The summed E-state index contributed by atoms with van der Waals surface area (Å²) in [6.07, 6.45) is 3.72. The number of thiocarbonyl (C=S) groups is 1. The smallest absolute Gasteiger partial charge is 0.228 e. The van der Waals surface area contributed by atoms with Crippen LogP contribution in [0.1, 0.15) is 37.9 Å². The van der Waals surface area contributed by atoms with E-state index in [1.165, 1.54) is 0 Å². The summed E-state index contributed by atoms with van der Waals surface area (Å²) >= 11 is 5.68. The van der Waals surface area contributed by atoms with Gasteiger partial charge in [-0.15, -0.1) is 0 Å². The van der Waals surface area contributed by atoms with E-state index in [0.29, 0.717) is 42.7 Å². The predicted molar refractivity (Wildman–Crippen MR) is 138 cm³/mol. The molecule has 2 heterocycles. The van der Waals surface area contributed by atoms with Crippen LogP contribution in [0.4, 0.5) is 0 Å². The number of hydrogen-bond donors (Lipinski definition) is 1. The molecular weight excluding hydrogens is 488 g/mol. The van der Waals surface area contributed by atoms with Gasteiger partial charge in [0.2, 0.25) is 15.0 Å². The van der Waals surface area contributed by atoms with Crippen LogP contribution in [0.5, 0.6) is 5.75 Å². The maximum absolute atomic E-state index is 13.4. The highest BCUT2D eigenvalue weighted by Gasteiger charge is 2.27. The van der Waals surface area contributed by atoms with E-state index in [0.717, 1.165) is 25.1 Å². The van der Waals surface area contributed by atoms with Crippen molar-refractivity contribution < 1.29 is 22.6 Å². The number of imidazole rings is 1. The van der Waals surface area contributed by atoms with Crippen molar-refractivity contribution in [3.8, 4) is 5.75 Å². The topological polar surface area (TPSA) is 94.9 Å². The van der Waals surface area contributed by atoms with Crippen molar-refractivity contribution in [3.05, 3.63) is 41.7 Å². The fraction of sp³-hybridized carbons (Fsp3) is 0.583. The molecule has 1 N–H and O–H groups in total. The number of benzene rings is 1. The highest BCUT2D eigenvalue weighted by atomic mass is 32.2. The van der Waals surface area contributed by atoms with E-state index in [-0.39, 0.29) is 23.1 Å². The Balaban J connectivity index is 1.89. The van der Waals surface area contributed by atoms with Crippen LogP contribution in [0, 0.1) is 0 Å². The van der Waals surface area contributed by atoms with Gasteiger partial charge >= 0.3 is 0 Å². The molecule has 1 unspecified atom stereocenters. The molecule has 1 saturated heterocycles. The molecule has 11 heteroatoms. The van der Waals surface area contributed by atoms with E-state index >= 15 is 0 Å². The molecule has 0 aliphatic carbocycles. The summed E-state index contributed by atoms with van der Waals surface area (Å²) < 4.78 is 44.9. The molecule has 0 spiro atoms. The first kappa shape index (κ1) is 27.4. The molecular formula is C24H36N4O5S2. The molecule has 0 saturated carbocycles. The van der Waals surface area contributed by atoms with Gasteiger partial charge in [-0.3, -0.25) is 0 Å². The van der Waals surface area contributed by atoms with Crippen LogP contribution in [-0.2, 0) is 38.2 Å². The third-order valence-corrected chi connectivity index (χ3v) is 7.66. The van der Waals surface area contributed by atoms with Crippen LogP contribution in [0.2, 0.25) is 0 Å². The Bertz CT molecular complexity index is 1080. The summed E-state index contributed by atoms with van der Waals surface area (Å²) in [5.74, 6) is 0.428. The number of sulfone groups is 1. The number of ether oxygens (including phenoxy) is 3. The molecule has 1 fully saturated rings. The van der Waals surface area contributed by atoms with Crippen molar-refractivity contribution >= 4 is 27.2 Å². The fourth-order valence-corrected chi connectivity index (χ4v) is 5.90. The van der Waals surface area contributed by atoms with Crippen LogP contribution in [0.15, 0.2) is 35.6 Å². The van der Waals surface area contributed by atoms with Crippen LogP contribution < -0.4 is 10.1 Å². The maximum atomic E-state index is 13.4. The normalized spacial score (nSPS) is 16.0. The molecule has 3 rings (SSSR count). The minimum Gasteiger partial charge on any atom is -0.497 e. The molecule has 35 heavy (non-hydrogen) atoms. The van der Waals surface area contributed by atoms with E-state index in [1.807, 2.05) is 18.7 Å². The monoisotopic (exact) mass is 524 g/mol. The Hall–Kier alpha value is -2.21. The molecule has 0 radical (unpaired) electrons.